The van der Waals surface area contributed by atoms with Crippen LogP contribution in [-0.2, 0) is 9.09 Å². The molecule has 0 heterocycles. The van der Waals surface area contributed by atoms with Gasteiger partial charge >= 0.3 is 7.82 Å². The molecule has 0 aliphatic heterocycles. The molecule has 8 atom stereocenters. The number of rotatable bonds is 7. The van der Waals surface area contributed by atoms with Crippen molar-refractivity contribution in [1.82, 2.24) is 0 Å². The Kier molecular flexibility index (Phi) is 7.13. The lowest BCUT2D eigenvalue weighted by molar-refractivity contribution is -0.0570. The van der Waals surface area contributed by atoms with E-state index in [0.29, 0.717) is 11.8 Å². The SMILES string of the molecule is CC(C)CCC[C@@H](C)[C@H]1CC[C@H]2[C@@H]3CC=C4C[C@@H](OP(=O)(O)O)CC[C@]4(C)[C@H]3CC[C@]12C. The van der Waals surface area contributed by atoms with E-state index in [0.717, 1.165) is 54.8 Å². The highest BCUT2D eigenvalue weighted by molar-refractivity contribution is 7.46. The second-order valence-electron chi connectivity index (χ2n) is 12.8. The lowest BCUT2D eigenvalue weighted by Crippen LogP contribution is -2.50. The summed E-state index contributed by atoms with van der Waals surface area (Å²) in [6.45, 7) is 12.3. The maximum Gasteiger partial charge on any atom is 0.469 e. The van der Waals surface area contributed by atoms with Crippen LogP contribution in [0.4, 0.5) is 0 Å². The third-order valence-corrected chi connectivity index (χ3v) is 11.1. The molecule has 0 saturated heterocycles. The Morgan fingerprint density at radius 2 is 1.81 bits per heavy atom. The Balaban J connectivity index is 1.46. The summed E-state index contributed by atoms with van der Waals surface area (Å²) in [4.78, 5) is 18.5. The van der Waals surface area contributed by atoms with Crippen molar-refractivity contribution < 1.29 is 18.9 Å². The van der Waals surface area contributed by atoms with Gasteiger partial charge in [-0.1, -0.05) is 65.5 Å². The van der Waals surface area contributed by atoms with E-state index in [2.05, 4.69) is 40.7 Å². The molecule has 3 fully saturated rings. The molecule has 32 heavy (non-hydrogen) atoms. The molecule has 4 rings (SSSR count). The van der Waals surface area contributed by atoms with Gasteiger partial charge in [0.2, 0.25) is 0 Å². The van der Waals surface area contributed by atoms with E-state index >= 15 is 0 Å². The molecule has 0 bridgehead atoms. The second-order valence-corrected chi connectivity index (χ2v) is 13.9. The summed E-state index contributed by atoms with van der Waals surface area (Å²) in [7, 11) is -4.41. The van der Waals surface area contributed by atoms with Crippen LogP contribution in [0.5, 0.6) is 0 Å². The number of phosphoric ester groups is 1. The summed E-state index contributed by atoms with van der Waals surface area (Å²) >= 11 is 0. The normalized spacial score (nSPS) is 42.8. The molecular weight excluding hydrogens is 419 g/mol. The summed E-state index contributed by atoms with van der Waals surface area (Å²) < 4.78 is 16.5. The maximum absolute atomic E-state index is 11.4. The van der Waals surface area contributed by atoms with Crippen molar-refractivity contribution in [1.29, 1.82) is 0 Å². The first-order valence-corrected chi connectivity index (χ1v) is 14.9. The minimum absolute atomic E-state index is 0.194. The van der Waals surface area contributed by atoms with E-state index in [1.807, 2.05) is 0 Å². The Morgan fingerprint density at radius 3 is 2.50 bits per heavy atom. The van der Waals surface area contributed by atoms with Gasteiger partial charge in [-0.2, -0.15) is 0 Å². The van der Waals surface area contributed by atoms with Crippen molar-refractivity contribution in [2.24, 2.45) is 46.3 Å². The monoisotopic (exact) mass is 466 g/mol. The molecule has 0 aromatic heterocycles. The molecule has 4 aliphatic rings. The highest BCUT2D eigenvalue weighted by atomic mass is 31.2. The van der Waals surface area contributed by atoms with Crippen LogP contribution in [0.1, 0.15) is 105 Å². The van der Waals surface area contributed by atoms with E-state index in [-0.39, 0.29) is 11.5 Å². The average molecular weight is 467 g/mol. The highest BCUT2D eigenvalue weighted by Crippen LogP contribution is 2.67. The third-order valence-electron chi connectivity index (χ3n) is 10.5. The maximum atomic E-state index is 11.4. The smallest absolute Gasteiger partial charge is 0.303 e. The standard InChI is InChI=1S/C27H47O4P/c1-18(2)7-6-8-19(3)23-11-12-24-22-10-9-20-17-21(31-32(28,29)30)13-15-26(20,4)25(22)14-16-27(23,24)5/h9,18-19,21-25H,6-8,10-17H2,1-5H3,(H2,28,29,30)/t19-,21+,22+,23-,24+,25+,26+,27-/m1/s1. The first-order valence-electron chi connectivity index (χ1n) is 13.4. The Hall–Kier alpha value is -0.150. The van der Waals surface area contributed by atoms with Gasteiger partial charge in [0.25, 0.3) is 0 Å². The Bertz CT molecular complexity index is 757. The van der Waals surface area contributed by atoms with Crippen molar-refractivity contribution in [3.8, 4) is 0 Å². The van der Waals surface area contributed by atoms with Crippen LogP contribution in [0.3, 0.4) is 0 Å². The largest absolute Gasteiger partial charge is 0.469 e. The molecule has 5 heteroatoms. The predicted molar refractivity (Wildman–Crippen MR) is 130 cm³/mol. The first-order chi connectivity index (χ1) is 14.9. The summed E-state index contributed by atoms with van der Waals surface area (Å²) in [5, 5.41) is 0. The minimum Gasteiger partial charge on any atom is -0.303 e. The molecule has 0 aromatic carbocycles. The van der Waals surface area contributed by atoms with Gasteiger partial charge in [0, 0.05) is 0 Å². The number of hydrogen-bond acceptors (Lipinski definition) is 2. The van der Waals surface area contributed by atoms with Gasteiger partial charge in [-0.25, -0.2) is 4.57 Å². The van der Waals surface area contributed by atoms with Crippen molar-refractivity contribution in [2.75, 3.05) is 0 Å². The van der Waals surface area contributed by atoms with Gasteiger partial charge in [0.05, 0.1) is 6.10 Å². The quantitative estimate of drug-likeness (QED) is 0.301. The number of phosphoric acid groups is 1. The molecule has 0 unspecified atom stereocenters. The molecule has 4 aliphatic carbocycles. The minimum atomic E-state index is -4.41. The molecule has 4 nitrogen and oxygen atoms in total. The number of fused-ring (bicyclic) bond motifs is 5. The Morgan fingerprint density at radius 1 is 1.06 bits per heavy atom. The molecule has 0 amide bonds. The molecular formula is C27H47O4P. The Labute approximate surface area is 196 Å². The first kappa shape index (κ1) is 25.0. The van der Waals surface area contributed by atoms with Crippen molar-refractivity contribution in [3.63, 3.8) is 0 Å². The lowest BCUT2D eigenvalue weighted by Gasteiger charge is -2.58. The van der Waals surface area contributed by atoms with E-state index < -0.39 is 7.82 Å². The zero-order chi connectivity index (χ0) is 23.3. The molecule has 0 radical (unpaired) electrons. The summed E-state index contributed by atoms with van der Waals surface area (Å²) in [6, 6.07) is 0. The van der Waals surface area contributed by atoms with E-state index in [1.54, 1.807) is 0 Å². The van der Waals surface area contributed by atoms with Crippen LogP contribution in [-0.4, -0.2) is 15.9 Å². The van der Waals surface area contributed by atoms with Crippen LogP contribution in [0, 0.1) is 46.3 Å². The van der Waals surface area contributed by atoms with Gasteiger partial charge in [0.15, 0.2) is 0 Å². The molecule has 184 valence electrons. The van der Waals surface area contributed by atoms with Gasteiger partial charge in [0.1, 0.15) is 0 Å². The van der Waals surface area contributed by atoms with Gasteiger partial charge in [-0.15, -0.1) is 0 Å². The molecule has 0 spiro atoms. The van der Waals surface area contributed by atoms with Crippen LogP contribution in [0.2, 0.25) is 0 Å². The van der Waals surface area contributed by atoms with Crippen LogP contribution >= 0.6 is 7.82 Å². The van der Waals surface area contributed by atoms with Crippen molar-refractivity contribution in [2.45, 2.75) is 111 Å². The summed E-state index contributed by atoms with van der Waals surface area (Å²) in [5.41, 5.74) is 2.12. The zero-order valence-corrected chi connectivity index (χ0v) is 21.9. The van der Waals surface area contributed by atoms with Gasteiger partial charge < -0.3 is 9.79 Å². The topological polar surface area (TPSA) is 66.8 Å². The highest BCUT2D eigenvalue weighted by Gasteiger charge is 2.59. The van der Waals surface area contributed by atoms with E-state index in [4.69, 9.17) is 4.52 Å². The van der Waals surface area contributed by atoms with Crippen LogP contribution in [0.25, 0.3) is 0 Å². The van der Waals surface area contributed by atoms with Crippen LogP contribution < -0.4 is 0 Å². The fourth-order valence-electron chi connectivity index (χ4n) is 8.94. The van der Waals surface area contributed by atoms with E-state index in [9.17, 15) is 14.4 Å². The van der Waals surface area contributed by atoms with Gasteiger partial charge in [-0.05, 0) is 97.7 Å². The van der Waals surface area contributed by atoms with Gasteiger partial charge in [-0.3, -0.25) is 4.52 Å². The molecule has 0 aromatic rings. The number of hydrogen-bond donors (Lipinski definition) is 2. The zero-order valence-electron chi connectivity index (χ0n) is 21.1. The summed E-state index contributed by atoms with van der Waals surface area (Å²) in [5.74, 6) is 4.89. The molecule has 2 N–H and O–H groups in total. The fraction of sp³-hybridized carbons (Fsp3) is 0.926. The second kappa shape index (κ2) is 9.14. The fourth-order valence-corrected chi connectivity index (χ4v) is 9.50. The van der Waals surface area contributed by atoms with Crippen molar-refractivity contribution >= 4 is 7.82 Å². The lowest BCUT2D eigenvalue weighted by atomic mass is 9.47. The summed E-state index contributed by atoms with van der Waals surface area (Å²) in [6.07, 6.45) is 15.4. The predicted octanol–water partition coefficient (Wildman–Crippen LogP) is 7.51. The third kappa shape index (κ3) is 4.68. The van der Waals surface area contributed by atoms with Crippen molar-refractivity contribution in [3.05, 3.63) is 11.6 Å². The van der Waals surface area contributed by atoms with E-state index in [1.165, 1.54) is 50.5 Å². The number of allylic oxidation sites excluding steroid dienone is 1. The average Bonchev–Trinajstić information content (AvgIpc) is 3.04. The van der Waals surface area contributed by atoms with Crippen LogP contribution in [0.15, 0.2) is 11.6 Å². The molecule has 3 saturated carbocycles.